The first-order chi connectivity index (χ1) is 21.6. The van der Waals surface area contributed by atoms with E-state index in [1.54, 1.807) is 36.2 Å². The third-order valence-corrected chi connectivity index (χ3v) is 7.03. The van der Waals surface area contributed by atoms with E-state index in [0.717, 1.165) is 24.9 Å². The van der Waals surface area contributed by atoms with Crippen molar-refractivity contribution in [2.45, 2.75) is 45.0 Å². The van der Waals surface area contributed by atoms with E-state index in [1.165, 1.54) is 19.1 Å². The molecule has 2 aromatic carbocycles. The minimum Gasteiger partial charge on any atom is -0.491 e. The molecule has 0 saturated carbocycles. The lowest BCUT2D eigenvalue weighted by molar-refractivity contribution is -0.384. The number of methoxy groups -OCH3 is 1. The fourth-order valence-corrected chi connectivity index (χ4v) is 4.71. The van der Waals surface area contributed by atoms with Gasteiger partial charge in [0, 0.05) is 43.2 Å². The highest BCUT2D eigenvalue weighted by atomic mass is 35.5. The first kappa shape index (κ1) is 42.0. The fraction of sp³-hybridized carbons (Fsp3) is 0.419. The Morgan fingerprint density at radius 2 is 1.75 bits per heavy atom. The molecule has 0 spiro atoms. The zero-order valence-electron chi connectivity index (χ0n) is 26.8. The first-order valence-corrected chi connectivity index (χ1v) is 14.3. The number of carbonyl (C=O) groups is 2. The van der Waals surface area contributed by atoms with Crippen molar-refractivity contribution in [3.05, 3.63) is 86.7 Å². The smallest absolute Gasteiger partial charge is 0.431 e. The number of nitrogens with one attached hydrogen (secondary N) is 2. The van der Waals surface area contributed by atoms with Crippen LogP contribution in [0.1, 0.15) is 32.3 Å². The van der Waals surface area contributed by atoms with Gasteiger partial charge >= 0.3 is 18.1 Å². The molecule has 3 N–H and O–H groups in total. The molecule has 266 valence electrons. The van der Waals surface area contributed by atoms with Crippen LogP contribution in [0, 0.1) is 10.1 Å². The molecular weight excluding hydrogens is 684 g/mol. The van der Waals surface area contributed by atoms with Gasteiger partial charge in [-0.15, -0.1) is 24.8 Å². The molecule has 0 amide bonds. The molecule has 1 heterocycles. The number of nitrogens with zero attached hydrogens (tertiary/aromatic N) is 2. The van der Waals surface area contributed by atoms with E-state index in [1.807, 2.05) is 13.8 Å². The molecule has 1 aliphatic rings. The predicted molar refractivity (Wildman–Crippen MR) is 177 cm³/mol. The second-order valence-electron chi connectivity index (χ2n) is 10.8. The Morgan fingerprint density at radius 3 is 2.31 bits per heavy atom. The first-order valence-electron chi connectivity index (χ1n) is 14.3. The number of nitro groups is 1. The quantitative estimate of drug-likeness (QED) is 0.140. The lowest BCUT2D eigenvalue weighted by atomic mass is 9.80. The highest BCUT2D eigenvalue weighted by Crippen LogP contribution is 2.44. The van der Waals surface area contributed by atoms with E-state index in [0.29, 0.717) is 12.3 Å². The number of alkyl halides is 3. The van der Waals surface area contributed by atoms with Crippen molar-refractivity contribution in [3.63, 3.8) is 0 Å². The Hall–Kier alpha value is -4.05. The van der Waals surface area contributed by atoms with Crippen LogP contribution in [0.5, 0.6) is 5.75 Å². The second-order valence-corrected chi connectivity index (χ2v) is 10.8. The molecule has 0 fully saturated rings. The summed E-state index contributed by atoms with van der Waals surface area (Å²) in [6.07, 6.45) is -5.74. The average molecular weight is 724 g/mol. The molecule has 0 saturated heterocycles. The number of dihydropyridines is 1. The number of esters is 2. The molecule has 1 aliphatic heterocycles. The Labute approximate surface area is 288 Å². The van der Waals surface area contributed by atoms with Crippen LogP contribution >= 0.6 is 24.8 Å². The number of rotatable bonds is 14. The largest absolute Gasteiger partial charge is 0.491 e. The molecule has 3 rings (SSSR count). The molecule has 2 atom stereocenters. The lowest BCUT2D eigenvalue weighted by Crippen LogP contribution is -2.38. The summed E-state index contributed by atoms with van der Waals surface area (Å²) in [7, 11) is 2.62. The predicted octanol–water partition coefficient (Wildman–Crippen LogP) is 4.81. The van der Waals surface area contributed by atoms with E-state index in [2.05, 4.69) is 15.4 Å². The standard InChI is InChI=1S/C31H37F3N4O8.2ClH/c1-18(2)35-16-23(39)17-46-24-11-9-21(10-12-24)37(4)13-14-45-30(41)25-19(3)36-28(31(32,33)34)27(29(40)44-5)26(25)20-7-6-8-22(15-20)38(42)43;;/h6-12,15,18,23,26,35-36,39H,13-14,16-17H2,1-5H3;2*1H. The van der Waals surface area contributed by atoms with Gasteiger partial charge in [0.1, 0.15) is 30.8 Å². The van der Waals surface area contributed by atoms with Gasteiger partial charge < -0.3 is 34.9 Å². The maximum Gasteiger partial charge on any atom is 0.431 e. The Morgan fingerprint density at radius 1 is 1.10 bits per heavy atom. The second kappa shape index (κ2) is 18.5. The minimum atomic E-state index is -5.05. The Bertz CT molecular complexity index is 1490. The molecule has 12 nitrogen and oxygen atoms in total. The number of halogens is 5. The van der Waals surface area contributed by atoms with Gasteiger partial charge in [-0.1, -0.05) is 26.0 Å². The van der Waals surface area contributed by atoms with Crippen LogP contribution in [0.2, 0.25) is 0 Å². The molecule has 0 aromatic heterocycles. The summed E-state index contributed by atoms with van der Waals surface area (Å²) < 4.78 is 58.0. The van der Waals surface area contributed by atoms with Gasteiger partial charge in [-0.3, -0.25) is 10.1 Å². The van der Waals surface area contributed by atoms with Gasteiger partial charge in [0.2, 0.25) is 0 Å². The lowest BCUT2D eigenvalue weighted by Gasteiger charge is -2.32. The third kappa shape index (κ3) is 11.0. The van der Waals surface area contributed by atoms with Gasteiger partial charge in [-0.2, -0.15) is 13.2 Å². The van der Waals surface area contributed by atoms with Crippen molar-refractivity contribution in [1.82, 2.24) is 10.6 Å². The van der Waals surface area contributed by atoms with E-state index in [-0.39, 0.29) is 67.4 Å². The van der Waals surface area contributed by atoms with Crippen molar-refractivity contribution < 1.29 is 47.0 Å². The van der Waals surface area contributed by atoms with Crippen molar-refractivity contribution in [2.75, 3.05) is 45.4 Å². The van der Waals surface area contributed by atoms with Gasteiger partial charge in [0.25, 0.3) is 5.69 Å². The Balaban J connectivity index is 0.00000576. The van der Waals surface area contributed by atoms with Crippen LogP contribution in [0.15, 0.2) is 71.1 Å². The number of non-ortho nitro benzene ring substituents is 1. The van der Waals surface area contributed by atoms with Crippen LogP contribution in [0.4, 0.5) is 24.5 Å². The zero-order chi connectivity index (χ0) is 34.2. The summed E-state index contributed by atoms with van der Waals surface area (Å²) in [4.78, 5) is 38.6. The van der Waals surface area contributed by atoms with Crippen LogP contribution in [0.3, 0.4) is 0 Å². The summed E-state index contributed by atoms with van der Waals surface area (Å²) in [6.45, 7) is 5.64. The number of carbonyl (C=O) groups excluding carboxylic acids is 2. The molecule has 2 unspecified atom stereocenters. The van der Waals surface area contributed by atoms with Crippen LogP contribution in [-0.4, -0.2) is 80.8 Å². The van der Waals surface area contributed by atoms with Crippen molar-refractivity contribution in [1.29, 1.82) is 0 Å². The van der Waals surface area contributed by atoms with E-state index >= 15 is 0 Å². The van der Waals surface area contributed by atoms with Crippen molar-refractivity contribution in [2.24, 2.45) is 0 Å². The van der Waals surface area contributed by atoms with Gasteiger partial charge in [0.15, 0.2) is 0 Å². The number of hydrogen-bond acceptors (Lipinski definition) is 11. The topological polar surface area (TPSA) is 152 Å². The number of nitro benzene ring substituents is 1. The molecule has 0 aliphatic carbocycles. The zero-order valence-corrected chi connectivity index (χ0v) is 28.5. The van der Waals surface area contributed by atoms with Gasteiger partial charge in [-0.25, -0.2) is 9.59 Å². The molecule has 17 heteroatoms. The molecular formula is C31H39Cl2F3N4O8. The van der Waals surface area contributed by atoms with Crippen molar-refractivity contribution in [3.8, 4) is 5.75 Å². The van der Waals surface area contributed by atoms with E-state index < -0.39 is 52.0 Å². The number of allylic oxidation sites excluding steroid dienone is 2. The van der Waals surface area contributed by atoms with E-state index in [9.17, 15) is 38.0 Å². The van der Waals surface area contributed by atoms with Gasteiger partial charge in [0.05, 0.1) is 35.6 Å². The fourth-order valence-electron chi connectivity index (χ4n) is 4.71. The molecule has 2 aromatic rings. The van der Waals surface area contributed by atoms with E-state index in [4.69, 9.17) is 9.47 Å². The normalized spacial score (nSPS) is 15.1. The molecule has 0 radical (unpaired) electrons. The number of likely N-dealkylation sites (N-methyl/N-ethyl adjacent to an activating group) is 1. The minimum absolute atomic E-state index is 0. The summed E-state index contributed by atoms with van der Waals surface area (Å²) in [5.74, 6) is -3.53. The summed E-state index contributed by atoms with van der Waals surface area (Å²) in [6, 6.07) is 11.8. The number of benzene rings is 2. The van der Waals surface area contributed by atoms with Crippen LogP contribution in [0.25, 0.3) is 0 Å². The van der Waals surface area contributed by atoms with Crippen molar-refractivity contribution >= 4 is 48.1 Å². The number of hydrogen-bond donors (Lipinski definition) is 3. The highest BCUT2D eigenvalue weighted by molar-refractivity contribution is 6.00. The monoisotopic (exact) mass is 722 g/mol. The molecule has 0 bridgehead atoms. The highest BCUT2D eigenvalue weighted by Gasteiger charge is 2.47. The number of ether oxygens (including phenoxy) is 3. The third-order valence-electron chi connectivity index (χ3n) is 7.03. The van der Waals surface area contributed by atoms with Crippen LogP contribution in [-0.2, 0) is 19.1 Å². The maximum atomic E-state index is 14.1. The SMILES string of the molecule is COC(=O)C1=C(C(F)(F)F)NC(C)=C(C(=O)OCCN(C)c2ccc(OCC(O)CNC(C)C)cc2)C1c1cccc([N+](=O)[O-])c1.Cl.Cl. The number of aliphatic hydroxyl groups is 1. The number of aliphatic hydroxyl groups excluding tert-OH is 1. The summed E-state index contributed by atoms with van der Waals surface area (Å²) in [5.41, 5.74) is -2.77. The van der Waals surface area contributed by atoms with Gasteiger partial charge in [-0.05, 0) is 36.8 Å². The molecule has 48 heavy (non-hydrogen) atoms. The maximum absolute atomic E-state index is 14.1. The average Bonchev–Trinajstić information content (AvgIpc) is 3.01. The Kier molecular flexibility index (Phi) is 16.2. The van der Waals surface area contributed by atoms with Crippen LogP contribution < -0.4 is 20.3 Å². The summed E-state index contributed by atoms with van der Waals surface area (Å²) >= 11 is 0. The number of anilines is 1. The summed E-state index contributed by atoms with van der Waals surface area (Å²) in [5, 5.41) is 26.7.